The molecule has 1 aromatic heterocycles. The monoisotopic (exact) mass is 388 g/mol. The molecule has 0 aliphatic heterocycles. The van der Waals surface area contributed by atoms with Gasteiger partial charge in [0.05, 0.1) is 12.7 Å². The third-order valence-corrected chi connectivity index (χ3v) is 4.08. The average Bonchev–Trinajstić information content (AvgIpc) is 2.74. The maximum atomic E-state index is 13.2. The number of hydrogen-bond donors (Lipinski definition) is 1. The standard InChI is InChI=1S/C20H17F3N2O.C2H6/c1-26-19-3-2-15(11-18(19)14-4-6-25-7-5-14)16-8-13(12-24)9-17(10-16)20(21,22)23;1-2/h2-11H,12,24H2,1H3;1-2H3. The van der Waals surface area contributed by atoms with Gasteiger partial charge in [0, 0.05) is 24.5 Å². The number of benzene rings is 2. The largest absolute Gasteiger partial charge is 0.496 e. The molecular formula is C22H23F3N2O. The van der Waals surface area contributed by atoms with E-state index in [1.54, 1.807) is 37.7 Å². The van der Waals surface area contributed by atoms with Crippen LogP contribution in [0.3, 0.4) is 0 Å². The van der Waals surface area contributed by atoms with E-state index in [1.807, 2.05) is 32.0 Å². The van der Waals surface area contributed by atoms with E-state index in [9.17, 15) is 13.2 Å². The van der Waals surface area contributed by atoms with Crippen molar-refractivity contribution in [1.82, 2.24) is 4.98 Å². The molecule has 3 rings (SSSR count). The van der Waals surface area contributed by atoms with Gasteiger partial charge in [-0.2, -0.15) is 13.2 Å². The highest BCUT2D eigenvalue weighted by Gasteiger charge is 2.31. The lowest BCUT2D eigenvalue weighted by molar-refractivity contribution is -0.137. The average molecular weight is 388 g/mol. The molecule has 0 saturated heterocycles. The Kier molecular flexibility index (Phi) is 7.18. The molecule has 3 aromatic rings. The fourth-order valence-electron chi connectivity index (χ4n) is 2.78. The molecular weight excluding hydrogens is 365 g/mol. The fourth-order valence-corrected chi connectivity index (χ4v) is 2.78. The maximum absolute atomic E-state index is 13.2. The molecule has 6 heteroatoms. The molecule has 0 saturated carbocycles. The Morgan fingerprint density at radius 1 is 0.893 bits per heavy atom. The van der Waals surface area contributed by atoms with E-state index in [0.717, 1.165) is 23.3 Å². The van der Waals surface area contributed by atoms with Gasteiger partial charge in [-0.1, -0.05) is 19.9 Å². The number of alkyl halides is 3. The van der Waals surface area contributed by atoms with Crippen molar-refractivity contribution in [2.75, 3.05) is 7.11 Å². The van der Waals surface area contributed by atoms with Crippen LogP contribution in [-0.4, -0.2) is 12.1 Å². The van der Waals surface area contributed by atoms with Gasteiger partial charge >= 0.3 is 6.18 Å². The SMILES string of the molecule is CC.COc1ccc(-c2cc(CN)cc(C(F)(F)F)c2)cc1-c1ccncc1. The molecule has 0 aliphatic rings. The van der Waals surface area contributed by atoms with Crippen LogP contribution in [0.4, 0.5) is 13.2 Å². The van der Waals surface area contributed by atoms with E-state index >= 15 is 0 Å². The van der Waals surface area contributed by atoms with Crippen LogP contribution in [-0.2, 0) is 12.7 Å². The first-order chi connectivity index (χ1) is 13.4. The highest BCUT2D eigenvalue weighted by atomic mass is 19.4. The Bertz CT molecular complexity index is 909. The highest BCUT2D eigenvalue weighted by Crippen LogP contribution is 2.37. The lowest BCUT2D eigenvalue weighted by atomic mass is 9.96. The van der Waals surface area contributed by atoms with Crippen LogP contribution in [0.5, 0.6) is 5.75 Å². The first kappa shape index (κ1) is 21.4. The molecule has 0 aliphatic carbocycles. The van der Waals surface area contributed by atoms with Crippen LogP contribution < -0.4 is 10.5 Å². The number of nitrogens with zero attached hydrogens (tertiary/aromatic N) is 1. The number of nitrogens with two attached hydrogens (primary N) is 1. The van der Waals surface area contributed by atoms with Crippen molar-refractivity contribution in [2.24, 2.45) is 5.73 Å². The van der Waals surface area contributed by atoms with Crippen molar-refractivity contribution in [3.05, 3.63) is 72.1 Å². The minimum absolute atomic E-state index is 0.0320. The van der Waals surface area contributed by atoms with Gasteiger partial charge in [-0.25, -0.2) is 0 Å². The van der Waals surface area contributed by atoms with Gasteiger partial charge in [-0.05, 0) is 64.7 Å². The number of methoxy groups -OCH3 is 1. The number of rotatable bonds is 4. The molecule has 3 nitrogen and oxygen atoms in total. The summed E-state index contributed by atoms with van der Waals surface area (Å²) in [6.07, 6.45) is -1.13. The smallest absolute Gasteiger partial charge is 0.416 e. The van der Waals surface area contributed by atoms with Crippen LogP contribution in [0.25, 0.3) is 22.3 Å². The molecule has 28 heavy (non-hydrogen) atoms. The second kappa shape index (κ2) is 9.37. The Morgan fingerprint density at radius 3 is 2.14 bits per heavy atom. The minimum Gasteiger partial charge on any atom is -0.496 e. The van der Waals surface area contributed by atoms with Gasteiger partial charge in [0.1, 0.15) is 5.75 Å². The van der Waals surface area contributed by atoms with E-state index in [0.29, 0.717) is 22.4 Å². The second-order valence-electron chi connectivity index (χ2n) is 5.77. The molecule has 2 aromatic carbocycles. The van der Waals surface area contributed by atoms with E-state index in [-0.39, 0.29) is 6.54 Å². The summed E-state index contributed by atoms with van der Waals surface area (Å²) >= 11 is 0. The molecule has 0 radical (unpaired) electrons. The van der Waals surface area contributed by atoms with Crippen molar-refractivity contribution in [1.29, 1.82) is 0 Å². The molecule has 2 N–H and O–H groups in total. The van der Waals surface area contributed by atoms with E-state index in [1.165, 1.54) is 0 Å². The molecule has 148 valence electrons. The molecule has 0 atom stereocenters. The van der Waals surface area contributed by atoms with Gasteiger partial charge in [-0.3, -0.25) is 4.98 Å². The predicted molar refractivity (Wildman–Crippen MR) is 106 cm³/mol. The number of hydrogen-bond acceptors (Lipinski definition) is 3. The number of pyridine rings is 1. The van der Waals surface area contributed by atoms with Gasteiger partial charge in [0.15, 0.2) is 0 Å². The maximum Gasteiger partial charge on any atom is 0.416 e. The lowest BCUT2D eigenvalue weighted by Crippen LogP contribution is -2.07. The molecule has 0 spiro atoms. The van der Waals surface area contributed by atoms with E-state index < -0.39 is 11.7 Å². The zero-order chi connectivity index (χ0) is 20.7. The Morgan fingerprint density at radius 2 is 1.57 bits per heavy atom. The summed E-state index contributed by atoms with van der Waals surface area (Å²) in [5, 5.41) is 0. The third-order valence-electron chi connectivity index (χ3n) is 4.08. The molecule has 0 bridgehead atoms. The summed E-state index contributed by atoms with van der Waals surface area (Å²) in [4.78, 5) is 3.99. The van der Waals surface area contributed by atoms with Crippen LogP contribution in [0.15, 0.2) is 60.9 Å². The van der Waals surface area contributed by atoms with Gasteiger partial charge < -0.3 is 10.5 Å². The van der Waals surface area contributed by atoms with Gasteiger partial charge in [0.25, 0.3) is 0 Å². The van der Waals surface area contributed by atoms with Crippen LogP contribution in [0.2, 0.25) is 0 Å². The summed E-state index contributed by atoms with van der Waals surface area (Å²) in [6, 6.07) is 12.8. The number of ether oxygens (including phenoxy) is 1. The van der Waals surface area contributed by atoms with Gasteiger partial charge in [0.2, 0.25) is 0 Å². The number of halogens is 3. The quantitative estimate of drug-likeness (QED) is 0.603. The highest BCUT2D eigenvalue weighted by molar-refractivity contribution is 5.78. The van der Waals surface area contributed by atoms with Crippen molar-refractivity contribution < 1.29 is 17.9 Å². The van der Waals surface area contributed by atoms with Crippen LogP contribution in [0, 0.1) is 0 Å². The molecule has 0 fully saturated rings. The second-order valence-corrected chi connectivity index (χ2v) is 5.77. The lowest BCUT2D eigenvalue weighted by Gasteiger charge is -2.14. The topological polar surface area (TPSA) is 48.1 Å². The fraction of sp³-hybridized carbons (Fsp3) is 0.227. The molecule has 0 amide bonds. The van der Waals surface area contributed by atoms with E-state index in [2.05, 4.69) is 4.98 Å². The first-order valence-electron chi connectivity index (χ1n) is 8.92. The third kappa shape index (κ3) is 4.89. The summed E-state index contributed by atoms with van der Waals surface area (Å²) in [7, 11) is 1.55. The van der Waals surface area contributed by atoms with Crippen molar-refractivity contribution in [2.45, 2.75) is 26.6 Å². The Balaban J connectivity index is 0.00000136. The zero-order valence-corrected chi connectivity index (χ0v) is 16.0. The van der Waals surface area contributed by atoms with E-state index in [4.69, 9.17) is 10.5 Å². The Hall–Kier alpha value is -2.86. The normalized spacial score (nSPS) is 10.8. The summed E-state index contributed by atoms with van der Waals surface area (Å²) in [6.45, 7) is 4.03. The van der Waals surface area contributed by atoms with Crippen LogP contribution in [0.1, 0.15) is 25.0 Å². The van der Waals surface area contributed by atoms with Crippen LogP contribution >= 0.6 is 0 Å². The van der Waals surface area contributed by atoms with Crippen molar-refractivity contribution >= 4 is 0 Å². The Labute approximate surface area is 163 Å². The summed E-state index contributed by atoms with van der Waals surface area (Å²) in [5.74, 6) is 0.631. The summed E-state index contributed by atoms with van der Waals surface area (Å²) in [5.41, 5.74) is 8.05. The van der Waals surface area contributed by atoms with Crippen molar-refractivity contribution in [3.63, 3.8) is 0 Å². The van der Waals surface area contributed by atoms with Gasteiger partial charge in [-0.15, -0.1) is 0 Å². The zero-order valence-electron chi connectivity index (χ0n) is 16.0. The molecule has 1 heterocycles. The number of aromatic nitrogens is 1. The predicted octanol–water partition coefficient (Wildman–Crippen LogP) is 5.93. The molecule has 0 unspecified atom stereocenters. The van der Waals surface area contributed by atoms with Crippen molar-refractivity contribution in [3.8, 4) is 28.0 Å². The summed E-state index contributed by atoms with van der Waals surface area (Å²) < 4.78 is 45.0. The first-order valence-corrected chi connectivity index (χ1v) is 8.92. The minimum atomic E-state index is -4.43.